The highest BCUT2D eigenvalue weighted by molar-refractivity contribution is 5.85. The molecule has 2 nitrogen and oxygen atoms in total. The van der Waals surface area contributed by atoms with Gasteiger partial charge in [0.25, 0.3) is 0 Å². The second kappa shape index (κ2) is 7.29. The van der Waals surface area contributed by atoms with Gasteiger partial charge in [-0.3, -0.25) is 0 Å². The number of aliphatic hydroxyl groups excluding tert-OH is 1. The summed E-state index contributed by atoms with van der Waals surface area (Å²) in [4.78, 5) is 0. The first-order valence-corrected chi connectivity index (χ1v) is 6.59. The molecular weight excluding hydrogens is 291 g/mol. The molecule has 114 valence electrons. The first-order chi connectivity index (χ1) is 9.00. The smallest absolute Gasteiger partial charge is 0.163 e. The van der Waals surface area contributed by atoms with Crippen molar-refractivity contribution in [2.75, 3.05) is 0 Å². The van der Waals surface area contributed by atoms with Crippen LogP contribution in [0.25, 0.3) is 0 Å². The summed E-state index contributed by atoms with van der Waals surface area (Å²) >= 11 is 0. The molecule has 6 heteroatoms. The summed E-state index contributed by atoms with van der Waals surface area (Å²) in [6, 6.07) is 0.224. The quantitative estimate of drug-likeness (QED) is 0.840. The van der Waals surface area contributed by atoms with Gasteiger partial charge >= 0.3 is 0 Å². The summed E-state index contributed by atoms with van der Waals surface area (Å²) < 4.78 is 39.9. The Kier molecular flexibility index (Phi) is 6.30. The van der Waals surface area contributed by atoms with Gasteiger partial charge < -0.3 is 10.8 Å². The van der Waals surface area contributed by atoms with Gasteiger partial charge in [0.2, 0.25) is 0 Å². The minimum Gasteiger partial charge on any atom is -0.391 e. The fraction of sp³-hybridized carbons (Fsp3) is 0.571. The fourth-order valence-corrected chi connectivity index (χ4v) is 2.77. The number of hydrogen-bond donors (Lipinski definition) is 2. The molecule has 1 aliphatic rings. The molecule has 1 aromatic rings. The first-order valence-electron chi connectivity index (χ1n) is 6.59. The Hall–Kier alpha value is -0.780. The third-order valence-corrected chi connectivity index (χ3v) is 3.88. The summed E-state index contributed by atoms with van der Waals surface area (Å²) in [5, 5.41) is 10.2. The Bertz CT molecular complexity index is 452. The molecule has 20 heavy (non-hydrogen) atoms. The Morgan fingerprint density at radius 3 is 2.30 bits per heavy atom. The molecule has 0 bridgehead atoms. The summed E-state index contributed by atoms with van der Waals surface area (Å²) in [6.07, 6.45) is 3.75. The summed E-state index contributed by atoms with van der Waals surface area (Å²) in [5.74, 6) is -3.38. The lowest BCUT2D eigenvalue weighted by Crippen LogP contribution is -2.35. The van der Waals surface area contributed by atoms with Crippen molar-refractivity contribution >= 4 is 12.4 Å². The van der Waals surface area contributed by atoms with Crippen LogP contribution in [0.4, 0.5) is 13.2 Å². The molecule has 0 spiro atoms. The molecule has 1 fully saturated rings. The number of benzene rings is 1. The minimum absolute atomic E-state index is 0. The minimum atomic E-state index is -1.28. The van der Waals surface area contributed by atoms with Gasteiger partial charge in [0, 0.05) is 11.6 Å². The van der Waals surface area contributed by atoms with Gasteiger partial charge in [-0.15, -0.1) is 12.4 Å². The Morgan fingerprint density at radius 2 is 1.70 bits per heavy atom. The van der Waals surface area contributed by atoms with Crippen molar-refractivity contribution in [1.29, 1.82) is 0 Å². The van der Waals surface area contributed by atoms with Crippen LogP contribution in [0.15, 0.2) is 12.1 Å². The predicted octanol–water partition coefficient (Wildman–Crippen LogP) is 3.47. The third-order valence-electron chi connectivity index (χ3n) is 3.88. The maximum Gasteiger partial charge on any atom is 0.163 e. The van der Waals surface area contributed by atoms with Gasteiger partial charge in [0.1, 0.15) is 5.82 Å². The monoisotopic (exact) mass is 309 g/mol. The maximum absolute atomic E-state index is 13.6. The number of halogens is 4. The first kappa shape index (κ1) is 17.3. The van der Waals surface area contributed by atoms with E-state index in [9.17, 15) is 18.3 Å². The highest BCUT2D eigenvalue weighted by Crippen LogP contribution is 2.32. The van der Waals surface area contributed by atoms with Crippen LogP contribution in [0.3, 0.4) is 0 Å². The average molecular weight is 310 g/mol. The normalized spacial score (nSPS) is 19.2. The summed E-state index contributed by atoms with van der Waals surface area (Å²) in [6.45, 7) is 0. The van der Waals surface area contributed by atoms with Crippen LogP contribution in [0, 0.1) is 23.4 Å². The zero-order valence-electron chi connectivity index (χ0n) is 11.0. The Balaban J connectivity index is 0.00000200. The van der Waals surface area contributed by atoms with Gasteiger partial charge in [0.05, 0.1) is 12.1 Å². The standard InChI is InChI=1S/C14H18F3NO.ClH/c15-9-6-10(12(17)11(16)7-9)13(18)14(19)8-4-2-1-3-5-8;/h6-8,13-14,19H,1-5,18H2;1H/t13-,14+;/m1./s1. The van der Waals surface area contributed by atoms with Crippen molar-refractivity contribution in [3.63, 3.8) is 0 Å². The highest BCUT2D eigenvalue weighted by atomic mass is 35.5. The molecule has 2 rings (SSSR count). The van der Waals surface area contributed by atoms with Crippen LogP contribution < -0.4 is 5.73 Å². The SMILES string of the molecule is Cl.N[C@H](c1cc(F)cc(F)c1F)[C@@H](O)C1CCCCC1. The lowest BCUT2D eigenvalue weighted by atomic mass is 9.81. The molecule has 1 aromatic carbocycles. The average Bonchev–Trinajstić information content (AvgIpc) is 2.42. The molecule has 0 amide bonds. The van der Waals surface area contributed by atoms with Crippen LogP contribution in [0.1, 0.15) is 43.7 Å². The van der Waals surface area contributed by atoms with Crippen molar-refractivity contribution in [1.82, 2.24) is 0 Å². The van der Waals surface area contributed by atoms with Crippen molar-refractivity contribution < 1.29 is 18.3 Å². The van der Waals surface area contributed by atoms with Gasteiger partial charge in [-0.25, -0.2) is 13.2 Å². The van der Waals surface area contributed by atoms with Crippen LogP contribution in [-0.2, 0) is 0 Å². The zero-order chi connectivity index (χ0) is 14.0. The molecule has 0 saturated heterocycles. The van der Waals surface area contributed by atoms with E-state index < -0.39 is 29.6 Å². The van der Waals surface area contributed by atoms with Gasteiger partial charge in [-0.05, 0) is 24.8 Å². The fourth-order valence-electron chi connectivity index (χ4n) is 2.77. The summed E-state index contributed by atoms with van der Waals surface area (Å²) in [5.41, 5.74) is 5.49. The zero-order valence-corrected chi connectivity index (χ0v) is 11.8. The molecule has 1 saturated carbocycles. The number of aliphatic hydroxyl groups is 1. The van der Waals surface area contributed by atoms with Crippen molar-refractivity contribution in [3.8, 4) is 0 Å². The van der Waals surface area contributed by atoms with E-state index in [4.69, 9.17) is 5.73 Å². The molecule has 0 heterocycles. The number of rotatable bonds is 3. The van der Waals surface area contributed by atoms with Crippen LogP contribution in [0.2, 0.25) is 0 Å². The molecule has 3 N–H and O–H groups in total. The molecule has 0 unspecified atom stereocenters. The molecule has 0 aliphatic heterocycles. The van der Waals surface area contributed by atoms with Gasteiger partial charge in [0.15, 0.2) is 11.6 Å². The maximum atomic E-state index is 13.6. The summed E-state index contributed by atoms with van der Waals surface area (Å²) in [7, 11) is 0. The van der Waals surface area contributed by atoms with E-state index in [1.165, 1.54) is 0 Å². The largest absolute Gasteiger partial charge is 0.391 e. The van der Waals surface area contributed by atoms with Crippen molar-refractivity contribution in [3.05, 3.63) is 35.1 Å². The molecule has 2 atom stereocenters. The van der Waals surface area contributed by atoms with E-state index in [1.807, 2.05) is 0 Å². The van der Waals surface area contributed by atoms with Crippen LogP contribution >= 0.6 is 12.4 Å². The Labute approximate surface area is 122 Å². The molecule has 1 aliphatic carbocycles. The van der Waals surface area contributed by atoms with Crippen molar-refractivity contribution in [2.24, 2.45) is 11.7 Å². The molecule has 0 radical (unpaired) electrons. The number of nitrogens with two attached hydrogens (primary N) is 1. The van der Waals surface area contributed by atoms with Crippen LogP contribution in [-0.4, -0.2) is 11.2 Å². The second-order valence-electron chi connectivity index (χ2n) is 5.21. The molecular formula is C14H19ClF3NO. The molecule has 0 aromatic heterocycles. The van der Waals surface area contributed by atoms with Gasteiger partial charge in [-0.1, -0.05) is 19.3 Å². The van der Waals surface area contributed by atoms with E-state index in [2.05, 4.69) is 0 Å². The Morgan fingerprint density at radius 1 is 1.10 bits per heavy atom. The van der Waals surface area contributed by atoms with Gasteiger partial charge in [-0.2, -0.15) is 0 Å². The number of hydrogen-bond acceptors (Lipinski definition) is 2. The van der Waals surface area contributed by atoms with E-state index in [1.54, 1.807) is 0 Å². The highest BCUT2D eigenvalue weighted by Gasteiger charge is 2.30. The van der Waals surface area contributed by atoms with E-state index in [0.717, 1.165) is 38.2 Å². The van der Waals surface area contributed by atoms with Crippen molar-refractivity contribution in [2.45, 2.75) is 44.2 Å². The third kappa shape index (κ3) is 3.65. The van der Waals surface area contributed by atoms with E-state index in [0.29, 0.717) is 6.07 Å². The predicted molar refractivity (Wildman–Crippen MR) is 73.1 cm³/mol. The topological polar surface area (TPSA) is 46.2 Å². The van der Waals surface area contributed by atoms with E-state index in [-0.39, 0.29) is 23.9 Å². The van der Waals surface area contributed by atoms with Crippen LogP contribution in [0.5, 0.6) is 0 Å². The lowest BCUT2D eigenvalue weighted by Gasteiger charge is -2.30. The van der Waals surface area contributed by atoms with E-state index >= 15 is 0 Å². The second-order valence-corrected chi connectivity index (χ2v) is 5.21. The lowest BCUT2D eigenvalue weighted by molar-refractivity contribution is 0.0605.